The van der Waals surface area contributed by atoms with Crippen molar-refractivity contribution in [3.8, 4) is 11.8 Å². The first kappa shape index (κ1) is 23.4. The second-order valence-corrected chi connectivity index (χ2v) is 6.85. The number of rotatable bonds is 8. The monoisotopic (exact) mass is 457 g/mol. The molecule has 0 bridgehead atoms. The lowest BCUT2D eigenvalue weighted by atomic mass is 10.1. The Balaban J connectivity index is 1.69. The number of nitriles is 1. The molecule has 0 atom stereocenters. The third kappa shape index (κ3) is 6.61. The molecule has 0 fully saturated rings. The van der Waals surface area contributed by atoms with Crippen LogP contribution in [-0.2, 0) is 22.3 Å². The van der Waals surface area contributed by atoms with E-state index in [0.717, 1.165) is 17.0 Å². The van der Waals surface area contributed by atoms with Crippen LogP contribution in [0.2, 0.25) is 0 Å². The molecule has 0 radical (unpaired) electrons. The van der Waals surface area contributed by atoms with Gasteiger partial charge in [0, 0.05) is 0 Å². The highest BCUT2D eigenvalue weighted by Gasteiger charge is 2.33. The molecule has 10 heteroatoms. The van der Waals surface area contributed by atoms with Gasteiger partial charge >= 0.3 is 6.18 Å². The molecule has 3 rings (SSSR count). The maximum atomic E-state index is 13.2. The highest BCUT2D eigenvalue weighted by atomic mass is 19.4. The van der Waals surface area contributed by atoms with E-state index in [2.05, 4.69) is 5.32 Å². The molecular formula is C23H18F3N3O4. The van der Waals surface area contributed by atoms with Gasteiger partial charge in [-0.25, -0.2) is 0 Å². The van der Waals surface area contributed by atoms with Crippen molar-refractivity contribution in [3.63, 3.8) is 0 Å². The number of anilines is 1. The maximum Gasteiger partial charge on any atom is 0.418 e. The molecule has 0 saturated carbocycles. The molecule has 170 valence electrons. The van der Waals surface area contributed by atoms with E-state index < -0.39 is 42.4 Å². The number of hydrogen-bond acceptors (Lipinski definition) is 5. The van der Waals surface area contributed by atoms with Crippen molar-refractivity contribution < 1.29 is 31.9 Å². The molecule has 2 amide bonds. The number of halogens is 3. The number of amides is 2. The average molecular weight is 457 g/mol. The minimum absolute atomic E-state index is 0.0864. The minimum atomic E-state index is -4.65. The first-order valence-corrected chi connectivity index (χ1v) is 9.65. The number of para-hydroxylation sites is 1. The van der Waals surface area contributed by atoms with E-state index in [9.17, 15) is 22.8 Å². The van der Waals surface area contributed by atoms with Gasteiger partial charge in [0.25, 0.3) is 5.91 Å². The largest absolute Gasteiger partial charge is 0.484 e. The second kappa shape index (κ2) is 10.4. The number of carbonyl (C=O) groups is 2. The van der Waals surface area contributed by atoms with Gasteiger partial charge in [-0.05, 0) is 48.5 Å². The summed E-state index contributed by atoms with van der Waals surface area (Å²) in [6.07, 6.45) is -3.26. The molecule has 3 aromatic rings. The van der Waals surface area contributed by atoms with E-state index in [0.29, 0.717) is 17.1 Å². The molecule has 0 unspecified atom stereocenters. The number of nitrogens with one attached hydrogen (secondary N) is 1. The molecule has 7 nitrogen and oxygen atoms in total. The van der Waals surface area contributed by atoms with Crippen LogP contribution in [0.15, 0.2) is 71.3 Å². The van der Waals surface area contributed by atoms with Gasteiger partial charge in [-0.3, -0.25) is 9.59 Å². The van der Waals surface area contributed by atoms with Crippen LogP contribution in [0.5, 0.6) is 5.75 Å². The summed E-state index contributed by atoms with van der Waals surface area (Å²) in [6, 6.07) is 15.8. The van der Waals surface area contributed by atoms with Crippen molar-refractivity contribution in [2.45, 2.75) is 12.7 Å². The molecule has 0 aliphatic heterocycles. The van der Waals surface area contributed by atoms with Gasteiger partial charge in [-0.1, -0.05) is 12.1 Å². The summed E-state index contributed by atoms with van der Waals surface area (Å²) < 4.78 is 50.2. The number of furan rings is 1. The average Bonchev–Trinajstić information content (AvgIpc) is 3.30. The lowest BCUT2D eigenvalue weighted by molar-refractivity contribution is -0.138. The van der Waals surface area contributed by atoms with E-state index in [4.69, 9.17) is 14.4 Å². The van der Waals surface area contributed by atoms with Crippen LogP contribution in [0, 0.1) is 11.3 Å². The Hall–Kier alpha value is -4.26. The lowest BCUT2D eigenvalue weighted by Crippen LogP contribution is -2.40. The van der Waals surface area contributed by atoms with Crippen molar-refractivity contribution in [1.29, 1.82) is 5.26 Å². The Bertz CT molecular complexity index is 1140. The number of hydrogen-bond donors (Lipinski definition) is 1. The maximum absolute atomic E-state index is 13.2. The van der Waals surface area contributed by atoms with E-state index in [1.807, 2.05) is 6.07 Å². The molecule has 1 heterocycles. The van der Waals surface area contributed by atoms with Crippen LogP contribution < -0.4 is 10.1 Å². The predicted octanol–water partition coefficient (Wildman–Crippen LogP) is 4.22. The summed E-state index contributed by atoms with van der Waals surface area (Å²) in [6.45, 7) is -1.04. The molecule has 33 heavy (non-hydrogen) atoms. The second-order valence-electron chi connectivity index (χ2n) is 6.85. The van der Waals surface area contributed by atoms with Crippen LogP contribution in [0.3, 0.4) is 0 Å². The highest BCUT2D eigenvalue weighted by Crippen LogP contribution is 2.34. The number of carbonyl (C=O) groups excluding carboxylic acids is 2. The Morgan fingerprint density at radius 2 is 1.79 bits per heavy atom. The van der Waals surface area contributed by atoms with E-state index >= 15 is 0 Å². The van der Waals surface area contributed by atoms with Crippen LogP contribution in [0.25, 0.3) is 0 Å². The lowest BCUT2D eigenvalue weighted by Gasteiger charge is -2.22. The number of ether oxygens (including phenoxy) is 1. The van der Waals surface area contributed by atoms with Crippen LogP contribution >= 0.6 is 0 Å². The van der Waals surface area contributed by atoms with E-state index in [1.165, 1.54) is 42.7 Å². The smallest absolute Gasteiger partial charge is 0.418 e. The summed E-state index contributed by atoms with van der Waals surface area (Å²) in [7, 11) is 0. The molecule has 2 aromatic carbocycles. The summed E-state index contributed by atoms with van der Waals surface area (Å²) in [4.78, 5) is 26.3. The summed E-state index contributed by atoms with van der Waals surface area (Å²) in [5, 5.41) is 11.0. The normalized spacial score (nSPS) is 10.8. The van der Waals surface area contributed by atoms with Crippen molar-refractivity contribution in [2.24, 2.45) is 0 Å². The van der Waals surface area contributed by atoms with Gasteiger partial charge in [-0.15, -0.1) is 0 Å². The summed E-state index contributed by atoms with van der Waals surface area (Å²) in [5.41, 5.74) is -0.982. The van der Waals surface area contributed by atoms with Crippen molar-refractivity contribution in [3.05, 3.63) is 83.8 Å². The van der Waals surface area contributed by atoms with Crippen LogP contribution in [0.4, 0.5) is 18.9 Å². The predicted molar refractivity (Wildman–Crippen MR) is 111 cm³/mol. The molecule has 1 aromatic heterocycles. The van der Waals surface area contributed by atoms with Gasteiger partial charge in [0.2, 0.25) is 5.91 Å². The Kier molecular flexibility index (Phi) is 7.35. The van der Waals surface area contributed by atoms with Gasteiger partial charge in [0.15, 0.2) is 6.61 Å². The highest BCUT2D eigenvalue weighted by molar-refractivity contribution is 5.95. The Morgan fingerprint density at radius 3 is 2.42 bits per heavy atom. The number of benzene rings is 2. The number of alkyl halides is 3. The topological polar surface area (TPSA) is 95.6 Å². The fourth-order valence-corrected chi connectivity index (χ4v) is 2.89. The van der Waals surface area contributed by atoms with Crippen LogP contribution in [-0.4, -0.2) is 29.9 Å². The zero-order valence-electron chi connectivity index (χ0n) is 17.1. The number of nitrogens with zero attached hydrogens (tertiary/aromatic N) is 2. The first-order chi connectivity index (χ1) is 15.8. The van der Waals surface area contributed by atoms with E-state index in [-0.39, 0.29) is 6.54 Å². The minimum Gasteiger partial charge on any atom is -0.484 e. The quantitative estimate of drug-likeness (QED) is 0.547. The summed E-state index contributed by atoms with van der Waals surface area (Å²) >= 11 is 0. The zero-order chi connectivity index (χ0) is 23.8. The zero-order valence-corrected chi connectivity index (χ0v) is 17.1. The summed E-state index contributed by atoms with van der Waals surface area (Å²) in [5.74, 6) is -0.686. The molecule has 1 N–H and O–H groups in total. The standard InChI is InChI=1S/C23H18F3N3O4/c24-23(25,26)19-5-1-2-6-20(19)28-21(30)14-29(13-18-4-3-11-32-18)22(31)15-33-17-9-7-16(12-27)8-10-17/h1-11H,13-15H2,(H,28,30). The van der Waals surface area contributed by atoms with Gasteiger partial charge in [0.05, 0.1) is 35.7 Å². The van der Waals surface area contributed by atoms with Crippen molar-refractivity contribution in [2.75, 3.05) is 18.5 Å². The molecule has 0 saturated heterocycles. The van der Waals surface area contributed by atoms with Crippen LogP contribution in [0.1, 0.15) is 16.9 Å². The third-order valence-electron chi connectivity index (χ3n) is 4.47. The van der Waals surface area contributed by atoms with Crippen molar-refractivity contribution in [1.82, 2.24) is 4.90 Å². The molecule has 0 spiro atoms. The van der Waals surface area contributed by atoms with Crippen molar-refractivity contribution >= 4 is 17.5 Å². The van der Waals surface area contributed by atoms with Gasteiger partial charge < -0.3 is 19.4 Å². The first-order valence-electron chi connectivity index (χ1n) is 9.65. The van der Waals surface area contributed by atoms with E-state index in [1.54, 1.807) is 12.1 Å². The Labute approximate surface area is 187 Å². The van der Waals surface area contributed by atoms with Gasteiger partial charge in [0.1, 0.15) is 18.1 Å². The molecular weight excluding hydrogens is 439 g/mol. The fourth-order valence-electron chi connectivity index (χ4n) is 2.89. The Morgan fingerprint density at radius 1 is 1.06 bits per heavy atom. The SMILES string of the molecule is N#Cc1ccc(OCC(=O)N(CC(=O)Nc2ccccc2C(F)(F)F)Cc2ccco2)cc1. The molecule has 0 aliphatic carbocycles. The van der Waals surface area contributed by atoms with Gasteiger partial charge in [-0.2, -0.15) is 18.4 Å². The third-order valence-corrected chi connectivity index (χ3v) is 4.47. The molecule has 0 aliphatic rings. The fraction of sp³-hybridized carbons (Fsp3) is 0.174.